The highest BCUT2D eigenvalue weighted by Gasteiger charge is 2.16. The number of ether oxygens (including phenoxy) is 2. The Labute approximate surface area is 176 Å². The van der Waals surface area contributed by atoms with Crippen molar-refractivity contribution in [2.24, 2.45) is 0 Å². The molecule has 2 aromatic rings. The van der Waals surface area contributed by atoms with Gasteiger partial charge in [0.15, 0.2) is 11.5 Å². The van der Waals surface area contributed by atoms with Gasteiger partial charge in [0.05, 0.1) is 19.8 Å². The van der Waals surface area contributed by atoms with Crippen molar-refractivity contribution < 1.29 is 23.9 Å². The fraction of sp³-hybridized carbons (Fsp3) is 0.318. The largest absolute Gasteiger partial charge is 0.490 e. The van der Waals surface area contributed by atoms with E-state index in [2.05, 4.69) is 10.6 Å². The molecular formula is C22H27N3O5. The Morgan fingerprint density at radius 1 is 0.900 bits per heavy atom. The first-order valence-corrected chi connectivity index (χ1v) is 9.66. The molecule has 3 amide bonds. The lowest BCUT2D eigenvalue weighted by atomic mass is 10.1. The highest BCUT2D eigenvalue weighted by atomic mass is 16.5. The highest BCUT2D eigenvalue weighted by molar-refractivity contribution is 6.00. The summed E-state index contributed by atoms with van der Waals surface area (Å²) in [6.07, 6.45) is 0. The van der Waals surface area contributed by atoms with Crippen molar-refractivity contribution in [1.29, 1.82) is 0 Å². The molecule has 0 saturated carbocycles. The van der Waals surface area contributed by atoms with Crippen molar-refractivity contribution in [3.8, 4) is 11.5 Å². The summed E-state index contributed by atoms with van der Waals surface area (Å²) >= 11 is 0. The summed E-state index contributed by atoms with van der Waals surface area (Å²) in [6.45, 7) is 5.96. The molecule has 0 radical (unpaired) electrons. The number of nitrogens with zero attached hydrogens (tertiary/aromatic N) is 1. The van der Waals surface area contributed by atoms with E-state index >= 15 is 0 Å². The van der Waals surface area contributed by atoms with Gasteiger partial charge in [0, 0.05) is 37.0 Å². The molecule has 2 N–H and O–H groups in total. The predicted octanol–water partition coefficient (Wildman–Crippen LogP) is 3.15. The van der Waals surface area contributed by atoms with Crippen molar-refractivity contribution in [2.75, 3.05) is 37.4 Å². The maximum absolute atomic E-state index is 12.6. The first-order chi connectivity index (χ1) is 14.3. The molecule has 0 atom stereocenters. The van der Waals surface area contributed by atoms with Crippen LogP contribution in [0.5, 0.6) is 11.5 Å². The van der Waals surface area contributed by atoms with Crippen LogP contribution in [0.25, 0.3) is 0 Å². The number of nitrogens with one attached hydrogen (secondary N) is 2. The maximum Gasteiger partial charge on any atom is 0.254 e. The monoisotopic (exact) mass is 413 g/mol. The number of carbonyl (C=O) groups excluding carboxylic acids is 3. The zero-order chi connectivity index (χ0) is 22.1. The molecule has 0 bridgehead atoms. The average molecular weight is 413 g/mol. The summed E-state index contributed by atoms with van der Waals surface area (Å²) in [5, 5.41) is 5.39. The fourth-order valence-corrected chi connectivity index (χ4v) is 2.77. The van der Waals surface area contributed by atoms with Gasteiger partial charge in [-0.05, 0) is 44.2 Å². The first kappa shape index (κ1) is 22.7. The highest BCUT2D eigenvalue weighted by Crippen LogP contribution is 2.30. The van der Waals surface area contributed by atoms with Gasteiger partial charge in [-0.25, -0.2) is 0 Å². The van der Waals surface area contributed by atoms with E-state index in [1.54, 1.807) is 42.5 Å². The minimum absolute atomic E-state index is 0.139. The molecule has 0 spiro atoms. The summed E-state index contributed by atoms with van der Waals surface area (Å²) in [6, 6.07) is 11.7. The van der Waals surface area contributed by atoms with Crippen LogP contribution in [0.1, 0.15) is 31.1 Å². The van der Waals surface area contributed by atoms with E-state index in [1.165, 1.54) is 18.9 Å². The second kappa shape index (κ2) is 10.8. The van der Waals surface area contributed by atoms with Crippen LogP contribution >= 0.6 is 0 Å². The molecule has 0 heterocycles. The van der Waals surface area contributed by atoms with Crippen molar-refractivity contribution >= 4 is 29.1 Å². The SMILES string of the molecule is CCOc1ccc(NC(=O)CN(C)C(=O)c2cccc(NC(C)=O)c2)cc1OCC. The van der Waals surface area contributed by atoms with Crippen molar-refractivity contribution in [3.05, 3.63) is 48.0 Å². The van der Waals surface area contributed by atoms with Gasteiger partial charge in [-0.3, -0.25) is 14.4 Å². The van der Waals surface area contributed by atoms with Crippen LogP contribution in [0, 0.1) is 0 Å². The summed E-state index contributed by atoms with van der Waals surface area (Å²) in [7, 11) is 1.54. The number of amides is 3. The van der Waals surface area contributed by atoms with E-state index in [4.69, 9.17) is 9.47 Å². The molecule has 2 aromatic carbocycles. The van der Waals surface area contributed by atoms with E-state index in [-0.39, 0.29) is 24.3 Å². The molecular weight excluding hydrogens is 386 g/mol. The number of carbonyl (C=O) groups is 3. The second-order valence-electron chi connectivity index (χ2n) is 6.50. The van der Waals surface area contributed by atoms with Gasteiger partial charge >= 0.3 is 0 Å². The Balaban J connectivity index is 2.02. The molecule has 0 saturated heterocycles. The smallest absolute Gasteiger partial charge is 0.254 e. The summed E-state index contributed by atoms with van der Waals surface area (Å²) in [4.78, 5) is 37.5. The molecule has 0 fully saturated rings. The lowest BCUT2D eigenvalue weighted by Crippen LogP contribution is -2.35. The fourth-order valence-electron chi connectivity index (χ4n) is 2.77. The average Bonchev–Trinajstić information content (AvgIpc) is 2.69. The molecule has 30 heavy (non-hydrogen) atoms. The summed E-state index contributed by atoms with van der Waals surface area (Å²) < 4.78 is 11.1. The van der Waals surface area contributed by atoms with E-state index in [9.17, 15) is 14.4 Å². The summed E-state index contributed by atoms with van der Waals surface area (Å²) in [5.74, 6) is 0.226. The van der Waals surface area contributed by atoms with Gasteiger partial charge in [-0.1, -0.05) is 6.07 Å². The van der Waals surface area contributed by atoms with Crippen molar-refractivity contribution in [2.45, 2.75) is 20.8 Å². The molecule has 8 heteroatoms. The Hall–Kier alpha value is -3.55. The molecule has 0 aliphatic carbocycles. The van der Waals surface area contributed by atoms with Crippen LogP contribution < -0.4 is 20.1 Å². The Morgan fingerprint density at radius 2 is 1.57 bits per heavy atom. The van der Waals surface area contributed by atoms with Crippen LogP contribution in [-0.4, -0.2) is 49.4 Å². The van der Waals surface area contributed by atoms with Crippen molar-refractivity contribution in [1.82, 2.24) is 4.90 Å². The van der Waals surface area contributed by atoms with E-state index in [0.717, 1.165) is 0 Å². The third-order valence-corrected chi connectivity index (χ3v) is 3.98. The van der Waals surface area contributed by atoms with E-state index in [1.807, 2.05) is 13.8 Å². The van der Waals surface area contributed by atoms with Crippen LogP contribution in [-0.2, 0) is 9.59 Å². The van der Waals surface area contributed by atoms with E-state index < -0.39 is 0 Å². The second-order valence-corrected chi connectivity index (χ2v) is 6.50. The predicted molar refractivity (Wildman–Crippen MR) is 115 cm³/mol. The van der Waals surface area contributed by atoms with Crippen LogP contribution in [0.15, 0.2) is 42.5 Å². The molecule has 0 aliphatic heterocycles. The van der Waals surface area contributed by atoms with E-state index in [0.29, 0.717) is 41.7 Å². The van der Waals surface area contributed by atoms with Gasteiger partial charge in [0.2, 0.25) is 11.8 Å². The number of likely N-dealkylation sites (N-methyl/N-ethyl adjacent to an activating group) is 1. The Kier molecular flexibility index (Phi) is 8.22. The molecule has 0 aliphatic rings. The number of hydrogen-bond donors (Lipinski definition) is 2. The zero-order valence-electron chi connectivity index (χ0n) is 17.7. The minimum Gasteiger partial charge on any atom is -0.490 e. The Bertz CT molecular complexity index is 913. The lowest BCUT2D eigenvalue weighted by Gasteiger charge is -2.18. The third kappa shape index (κ3) is 6.51. The number of anilines is 2. The molecule has 8 nitrogen and oxygen atoms in total. The number of benzene rings is 2. The van der Waals surface area contributed by atoms with Crippen LogP contribution in [0.4, 0.5) is 11.4 Å². The standard InChI is InChI=1S/C22H27N3O5/c1-5-29-19-11-10-18(13-20(19)30-6-2)24-21(27)14-25(4)22(28)16-8-7-9-17(12-16)23-15(3)26/h7-13H,5-6,14H2,1-4H3,(H,23,26)(H,24,27). The zero-order valence-corrected chi connectivity index (χ0v) is 17.7. The summed E-state index contributed by atoms with van der Waals surface area (Å²) in [5.41, 5.74) is 1.43. The van der Waals surface area contributed by atoms with Crippen LogP contribution in [0.3, 0.4) is 0 Å². The van der Waals surface area contributed by atoms with Gasteiger partial charge < -0.3 is 25.0 Å². The van der Waals surface area contributed by atoms with Crippen LogP contribution in [0.2, 0.25) is 0 Å². The normalized spacial score (nSPS) is 10.1. The number of hydrogen-bond acceptors (Lipinski definition) is 5. The maximum atomic E-state index is 12.6. The quantitative estimate of drug-likeness (QED) is 0.658. The van der Waals surface area contributed by atoms with Crippen molar-refractivity contribution in [3.63, 3.8) is 0 Å². The molecule has 160 valence electrons. The van der Waals surface area contributed by atoms with Gasteiger partial charge in [0.25, 0.3) is 5.91 Å². The minimum atomic E-state index is -0.351. The Morgan fingerprint density at radius 3 is 2.23 bits per heavy atom. The van der Waals surface area contributed by atoms with Gasteiger partial charge in [0.1, 0.15) is 0 Å². The third-order valence-electron chi connectivity index (χ3n) is 3.98. The molecule has 0 unspecified atom stereocenters. The lowest BCUT2D eigenvalue weighted by molar-refractivity contribution is -0.116. The molecule has 0 aromatic heterocycles. The topological polar surface area (TPSA) is 97.0 Å². The molecule has 2 rings (SSSR count). The van der Waals surface area contributed by atoms with Gasteiger partial charge in [-0.15, -0.1) is 0 Å². The first-order valence-electron chi connectivity index (χ1n) is 9.66. The van der Waals surface area contributed by atoms with Gasteiger partial charge in [-0.2, -0.15) is 0 Å². The number of rotatable bonds is 9.